The average Bonchev–Trinajstić information content (AvgIpc) is 3.33. The van der Waals surface area contributed by atoms with Gasteiger partial charge in [-0.05, 0) is 38.0 Å². The van der Waals surface area contributed by atoms with Crippen molar-refractivity contribution in [3.8, 4) is 17.2 Å². The Morgan fingerprint density at radius 1 is 1.07 bits per heavy atom. The lowest BCUT2D eigenvalue weighted by molar-refractivity contribution is 0.0927. The molecule has 3 heterocycles. The molecule has 1 aromatic carbocycles. The second-order valence-electron chi connectivity index (χ2n) is 7.59. The van der Waals surface area contributed by atoms with Crippen LogP contribution in [-0.2, 0) is 0 Å². The van der Waals surface area contributed by atoms with E-state index in [9.17, 15) is 4.79 Å². The van der Waals surface area contributed by atoms with Crippen LogP contribution in [0.3, 0.4) is 0 Å². The van der Waals surface area contributed by atoms with Crippen molar-refractivity contribution in [3.05, 3.63) is 66.4 Å². The number of benzene rings is 1. The molecule has 29 heavy (non-hydrogen) atoms. The molecule has 1 atom stereocenters. The van der Waals surface area contributed by atoms with Gasteiger partial charge in [0.15, 0.2) is 11.5 Å². The van der Waals surface area contributed by atoms with Crippen molar-refractivity contribution in [1.82, 2.24) is 29.5 Å². The predicted octanol–water partition coefficient (Wildman–Crippen LogP) is 3.66. The number of hydrogen-bond donors (Lipinski definition) is 1. The third kappa shape index (κ3) is 3.51. The number of carbonyl (C=O) groups is 1. The fraction of sp³-hybridized carbons (Fsp3) is 0.273. The fourth-order valence-electron chi connectivity index (χ4n) is 3.09. The lowest BCUT2D eigenvalue weighted by Gasteiger charge is -2.16. The standard InChI is InChI=1S/C22H24N6O/c1-14(2)16(4)25-22(29)20-19-13-23-11-12-27(19)21(26-20)18-9-10-24-28(18)17-7-5-15(3)6-8-17/h5-14,16H,1-4H3,(H,25,29)/t16-/m0/s1. The molecule has 0 aliphatic heterocycles. The van der Waals surface area contributed by atoms with E-state index in [0.29, 0.717) is 23.0 Å². The van der Waals surface area contributed by atoms with Gasteiger partial charge < -0.3 is 5.32 Å². The highest BCUT2D eigenvalue weighted by molar-refractivity contribution is 6.00. The smallest absolute Gasteiger partial charge is 0.272 e. The highest BCUT2D eigenvalue weighted by Gasteiger charge is 2.22. The number of nitrogens with one attached hydrogen (secondary N) is 1. The molecule has 148 valence electrons. The van der Waals surface area contributed by atoms with Crippen molar-refractivity contribution in [2.24, 2.45) is 5.92 Å². The first-order valence-electron chi connectivity index (χ1n) is 9.70. The van der Waals surface area contributed by atoms with Gasteiger partial charge >= 0.3 is 0 Å². The van der Waals surface area contributed by atoms with Gasteiger partial charge in [0.25, 0.3) is 5.91 Å². The summed E-state index contributed by atoms with van der Waals surface area (Å²) in [6.45, 7) is 8.19. The molecule has 0 fully saturated rings. The highest BCUT2D eigenvalue weighted by Crippen LogP contribution is 2.25. The molecule has 4 aromatic rings. The van der Waals surface area contributed by atoms with Crippen molar-refractivity contribution in [1.29, 1.82) is 0 Å². The summed E-state index contributed by atoms with van der Waals surface area (Å²) in [5, 5.41) is 7.51. The Hall–Kier alpha value is -3.48. The molecular weight excluding hydrogens is 364 g/mol. The summed E-state index contributed by atoms with van der Waals surface area (Å²) in [5.41, 5.74) is 3.93. The van der Waals surface area contributed by atoms with Gasteiger partial charge in [-0.3, -0.25) is 14.2 Å². The minimum Gasteiger partial charge on any atom is -0.348 e. The zero-order valence-electron chi connectivity index (χ0n) is 17.0. The SMILES string of the molecule is Cc1ccc(-n2nccc2-c2nc(C(=O)N[C@@H](C)C(C)C)c3cnccn23)cc1. The Morgan fingerprint density at radius 3 is 2.55 bits per heavy atom. The zero-order valence-corrected chi connectivity index (χ0v) is 17.0. The van der Waals surface area contributed by atoms with Crippen molar-refractivity contribution < 1.29 is 4.79 Å². The van der Waals surface area contributed by atoms with Crippen LogP contribution >= 0.6 is 0 Å². The Balaban J connectivity index is 1.82. The largest absolute Gasteiger partial charge is 0.348 e. The van der Waals surface area contributed by atoms with Crippen molar-refractivity contribution in [2.75, 3.05) is 0 Å². The number of imidazole rings is 1. The number of aryl methyl sites for hydroxylation is 1. The first-order chi connectivity index (χ1) is 14.0. The van der Waals surface area contributed by atoms with Crippen molar-refractivity contribution >= 4 is 11.4 Å². The van der Waals surface area contributed by atoms with E-state index in [1.54, 1.807) is 18.6 Å². The van der Waals surface area contributed by atoms with E-state index in [1.807, 2.05) is 59.5 Å². The number of rotatable bonds is 5. The number of carbonyl (C=O) groups excluding carboxylic acids is 1. The minimum absolute atomic E-state index is 0.0393. The maximum absolute atomic E-state index is 12.9. The molecule has 7 nitrogen and oxygen atoms in total. The third-order valence-corrected chi connectivity index (χ3v) is 5.17. The molecule has 0 saturated heterocycles. The molecule has 0 aliphatic rings. The van der Waals surface area contributed by atoms with Gasteiger partial charge in [0.2, 0.25) is 0 Å². The van der Waals surface area contributed by atoms with Crippen LogP contribution in [-0.4, -0.2) is 36.1 Å². The summed E-state index contributed by atoms with van der Waals surface area (Å²) in [5.74, 6) is 0.764. The molecule has 4 rings (SSSR count). The van der Waals surface area contributed by atoms with E-state index in [-0.39, 0.29) is 11.9 Å². The molecule has 0 unspecified atom stereocenters. The summed E-state index contributed by atoms with van der Waals surface area (Å²) in [7, 11) is 0. The van der Waals surface area contributed by atoms with Gasteiger partial charge in [-0.2, -0.15) is 5.10 Å². The minimum atomic E-state index is -0.204. The van der Waals surface area contributed by atoms with Gasteiger partial charge in [-0.15, -0.1) is 0 Å². The number of fused-ring (bicyclic) bond motifs is 1. The monoisotopic (exact) mass is 388 g/mol. The average molecular weight is 388 g/mol. The van der Waals surface area contributed by atoms with Gasteiger partial charge in [0.1, 0.15) is 5.69 Å². The Labute approximate surface area is 169 Å². The van der Waals surface area contributed by atoms with E-state index in [2.05, 4.69) is 29.2 Å². The van der Waals surface area contributed by atoms with Crippen LogP contribution in [0.2, 0.25) is 0 Å². The number of hydrogen-bond acceptors (Lipinski definition) is 4. The van der Waals surface area contributed by atoms with Gasteiger partial charge in [0, 0.05) is 18.4 Å². The number of nitrogens with zero attached hydrogens (tertiary/aromatic N) is 5. The van der Waals surface area contributed by atoms with Crippen LogP contribution in [0, 0.1) is 12.8 Å². The van der Waals surface area contributed by atoms with E-state index < -0.39 is 0 Å². The Bertz CT molecular complexity index is 1160. The highest BCUT2D eigenvalue weighted by atomic mass is 16.2. The van der Waals surface area contributed by atoms with Gasteiger partial charge in [0.05, 0.1) is 23.6 Å². The number of amides is 1. The van der Waals surface area contributed by atoms with Crippen molar-refractivity contribution in [3.63, 3.8) is 0 Å². The van der Waals surface area contributed by atoms with E-state index in [4.69, 9.17) is 4.98 Å². The molecule has 0 saturated carbocycles. The Morgan fingerprint density at radius 2 is 1.83 bits per heavy atom. The zero-order chi connectivity index (χ0) is 20.5. The summed E-state index contributed by atoms with van der Waals surface area (Å²) in [6, 6.07) is 10.1. The molecule has 1 amide bonds. The van der Waals surface area contributed by atoms with E-state index >= 15 is 0 Å². The summed E-state index contributed by atoms with van der Waals surface area (Å²) >= 11 is 0. The molecule has 0 bridgehead atoms. The summed E-state index contributed by atoms with van der Waals surface area (Å²) in [6.07, 6.45) is 6.89. The lowest BCUT2D eigenvalue weighted by atomic mass is 10.1. The van der Waals surface area contributed by atoms with Crippen LogP contribution < -0.4 is 5.32 Å². The molecular formula is C22H24N6O. The third-order valence-electron chi connectivity index (χ3n) is 5.17. The Kier molecular flexibility index (Phi) is 4.88. The molecule has 7 heteroatoms. The fourth-order valence-corrected chi connectivity index (χ4v) is 3.09. The van der Waals surface area contributed by atoms with Crippen molar-refractivity contribution in [2.45, 2.75) is 33.7 Å². The van der Waals surface area contributed by atoms with Gasteiger partial charge in [-0.1, -0.05) is 31.5 Å². The first-order valence-corrected chi connectivity index (χ1v) is 9.70. The maximum atomic E-state index is 12.9. The van der Waals surface area contributed by atoms with Crippen LogP contribution in [0.1, 0.15) is 36.8 Å². The van der Waals surface area contributed by atoms with E-state index in [1.165, 1.54) is 5.56 Å². The van der Waals surface area contributed by atoms with Crippen LogP contribution in [0.4, 0.5) is 0 Å². The molecule has 1 N–H and O–H groups in total. The quantitative estimate of drug-likeness (QED) is 0.566. The van der Waals surface area contributed by atoms with Crippen LogP contribution in [0.5, 0.6) is 0 Å². The molecule has 0 aliphatic carbocycles. The molecule has 0 spiro atoms. The summed E-state index contributed by atoms with van der Waals surface area (Å²) < 4.78 is 3.71. The molecule has 3 aromatic heterocycles. The first kappa shape index (κ1) is 18.9. The molecule has 0 radical (unpaired) electrons. The van der Waals surface area contributed by atoms with E-state index in [0.717, 1.165) is 11.4 Å². The normalized spacial score (nSPS) is 12.4. The lowest BCUT2D eigenvalue weighted by Crippen LogP contribution is -2.36. The summed E-state index contributed by atoms with van der Waals surface area (Å²) in [4.78, 5) is 21.8. The second kappa shape index (κ2) is 7.50. The second-order valence-corrected chi connectivity index (χ2v) is 7.59. The maximum Gasteiger partial charge on any atom is 0.272 e. The topological polar surface area (TPSA) is 77.1 Å². The predicted molar refractivity (Wildman–Crippen MR) is 112 cm³/mol. The number of aromatic nitrogens is 5. The van der Waals surface area contributed by atoms with Gasteiger partial charge in [-0.25, -0.2) is 9.67 Å². The van der Waals surface area contributed by atoms with Crippen LogP contribution in [0.25, 0.3) is 22.7 Å². The van der Waals surface area contributed by atoms with Crippen LogP contribution in [0.15, 0.2) is 55.1 Å².